The molecule has 1 aromatic carbocycles. The van der Waals surface area contributed by atoms with E-state index in [1.165, 1.54) is 7.11 Å². The Labute approximate surface area is 166 Å². The van der Waals surface area contributed by atoms with E-state index < -0.39 is 5.60 Å². The Morgan fingerprint density at radius 3 is 2.32 bits per heavy atom. The van der Waals surface area contributed by atoms with Crippen molar-refractivity contribution in [1.29, 1.82) is 0 Å². The van der Waals surface area contributed by atoms with Gasteiger partial charge in [-0.2, -0.15) is 0 Å². The summed E-state index contributed by atoms with van der Waals surface area (Å²) in [6.45, 7) is 5.89. The molecule has 0 bridgehead atoms. The second kappa shape index (κ2) is 9.17. The van der Waals surface area contributed by atoms with Gasteiger partial charge in [0.15, 0.2) is 0 Å². The van der Waals surface area contributed by atoms with Crippen LogP contribution in [0.5, 0.6) is 11.5 Å². The zero-order valence-corrected chi connectivity index (χ0v) is 17.6. The smallest absolute Gasteiger partial charge is 0.410 e. The maximum atomic E-state index is 12.9. The molecule has 1 saturated carbocycles. The summed E-state index contributed by atoms with van der Waals surface area (Å²) in [5.74, 6) is 1.34. The van der Waals surface area contributed by atoms with Crippen molar-refractivity contribution >= 4 is 12.1 Å². The monoisotopic (exact) mass is 393 g/mol. The topological polar surface area (TPSA) is 74.3 Å². The van der Waals surface area contributed by atoms with Crippen molar-refractivity contribution in [2.24, 2.45) is 5.92 Å². The van der Waals surface area contributed by atoms with Crippen LogP contribution in [0.1, 0.15) is 45.6 Å². The predicted octanol–water partition coefficient (Wildman–Crippen LogP) is 3.78. The minimum absolute atomic E-state index is 0.0105. The summed E-state index contributed by atoms with van der Waals surface area (Å²) in [4.78, 5) is 26.1. The van der Waals surface area contributed by atoms with Crippen LogP contribution in [0.3, 0.4) is 0 Å². The summed E-state index contributed by atoms with van der Waals surface area (Å²) in [5, 5.41) is 0. The third kappa shape index (κ3) is 5.78. The van der Waals surface area contributed by atoms with Crippen LogP contribution in [0, 0.1) is 5.92 Å². The van der Waals surface area contributed by atoms with Crippen LogP contribution in [0.25, 0.3) is 0 Å². The van der Waals surface area contributed by atoms with E-state index in [-0.39, 0.29) is 24.0 Å². The minimum Gasteiger partial charge on any atom is -0.497 e. The molecule has 0 heterocycles. The van der Waals surface area contributed by atoms with E-state index in [4.69, 9.17) is 18.9 Å². The molecule has 0 aliphatic heterocycles. The van der Waals surface area contributed by atoms with E-state index in [1.54, 1.807) is 25.2 Å². The van der Waals surface area contributed by atoms with E-state index in [1.807, 2.05) is 32.9 Å². The highest BCUT2D eigenvalue weighted by molar-refractivity contribution is 5.70. The van der Waals surface area contributed by atoms with Crippen molar-refractivity contribution in [3.63, 3.8) is 0 Å². The number of ether oxygens (including phenoxy) is 4. The van der Waals surface area contributed by atoms with Crippen LogP contribution >= 0.6 is 0 Å². The molecule has 0 spiro atoms. The van der Waals surface area contributed by atoms with Gasteiger partial charge in [0.05, 0.1) is 27.9 Å². The first-order chi connectivity index (χ1) is 13.2. The Kier molecular flexibility index (Phi) is 7.16. The van der Waals surface area contributed by atoms with Gasteiger partial charge in [-0.15, -0.1) is 0 Å². The lowest BCUT2D eigenvalue weighted by molar-refractivity contribution is -0.142. The first-order valence-electron chi connectivity index (χ1n) is 9.44. The number of carbonyl (C=O) groups is 2. The minimum atomic E-state index is -0.589. The lowest BCUT2D eigenvalue weighted by Gasteiger charge is -2.43. The average molecular weight is 393 g/mol. The first kappa shape index (κ1) is 21.9. The molecule has 0 N–H and O–H groups in total. The van der Waals surface area contributed by atoms with Gasteiger partial charge in [0.25, 0.3) is 0 Å². The Morgan fingerprint density at radius 2 is 1.79 bits per heavy atom. The molecule has 0 saturated heterocycles. The van der Waals surface area contributed by atoms with Crippen molar-refractivity contribution in [1.82, 2.24) is 4.90 Å². The Balaban J connectivity index is 2.16. The van der Waals surface area contributed by atoms with E-state index >= 15 is 0 Å². The molecule has 2 rings (SSSR count). The number of nitrogens with zero attached hydrogens (tertiary/aromatic N) is 1. The van der Waals surface area contributed by atoms with Crippen LogP contribution in [-0.2, 0) is 20.8 Å². The molecule has 1 amide bonds. The fraction of sp³-hybridized carbons (Fsp3) is 0.619. The Bertz CT molecular complexity index is 691. The normalized spacial score (nSPS) is 18.6. The van der Waals surface area contributed by atoms with Crippen LogP contribution in [0.15, 0.2) is 18.2 Å². The summed E-state index contributed by atoms with van der Waals surface area (Å²) in [7, 11) is 4.57. The van der Waals surface area contributed by atoms with Crippen LogP contribution in [0.4, 0.5) is 4.79 Å². The number of rotatable bonds is 7. The predicted molar refractivity (Wildman–Crippen MR) is 104 cm³/mol. The van der Waals surface area contributed by atoms with Crippen molar-refractivity contribution < 1.29 is 28.5 Å². The number of esters is 1. The molecule has 1 aromatic rings. The SMILES string of the molecule is COC(=O)CC1CC(N(Cc2ccc(OC)cc2OC)C(=O)OC(C)(C)C)C1. The third-order valence-electron chi connectivity index (χ3n) is 4.80. The second-order valence-corrected chi connectivity index (χ2v) is 8.06. The van der Waals surface area contributed by atoms with E-state index in [0.717, 1.165) is 18.4 Å². The number of hydrogen-bond acceptors (Lipinski definition) is 6. The highest BCUT2D eigenvalue weighted by Gasteiger charge is 2.39. The first-order valence-corrected chi connectivity index (χ1v) is 9.44. The third-order valence-corrected chi connectivity index (χ3v) is 4.80. The molecule has 1 fully saturated rings. The van der Waals surface area contributed by atoms with E-state index in [9.17, 15) is 9.59 Å². The molecule has 7 nitrogen and oxygen atoms in total. The van der Waals surface area contributed by atoms with Crippen LogP contribution in [0.2, 0.25) is 0 Å². The maximum absolute atomic E-state index is 12.9. The largest absolute Gasteiger partial charge is 0.497 e. The van der Waals surface area contributed by atoms with Gasteiger partial charge in [-0.3, -0.25) is 4.79 Å². The molecule has 0 radical (unpaired) electrons. The molecule has 0 atom stereocenters. The highest BCUT2D eigenvalue weighted by atomic mass is 16.6. The molecule has 156 valence electrons. The number of carbonyl (C=O) groups excluding carboxylic acids is 2. The second-order valence-electron chi connectivity index (χ2n) is 8.06. The lowest BCUT2D eigenvalue weighted by atomic mass is 9.77. The van der Waals surface area contributed by atoms with Gasteiger partial charge < -0.3 is 23.8 Å². The lowest BCUT2D eigenvalue weighted by Crippen LogP contribution is -2.49. The molecular formula is C21H31NO6. The Morgan fingerprint density at radius 1 is 1.11 bits per heavy atom. The fourth-order valence-corrected chi connectivity index (χ4v) is 3.27. The molecule has 1 aliphatic rings. The standard InChI is InChI=1S/C21H31NO6/c1-21(2,3)28-20(24)22(16-9-14(10-16)11-19(23)27-6)13-15-7-8-17(25-4)12-18(15)26-5/h7-8,12,14,16H,9-11,13H2,1-6H3. The molecular weight excluding hydrogens is 362 g/mol. The average Bonchev–Trinajstić information content (AvgIpc) is 2.61. The Hall–Kier alpha value is -2.44. The molecule has 28 heavy (non-hydrogen) atoms. The van der Waals surface area contributed by atoms with Crippen molar-refractivity contribution in [3.05, 3.63) is 23.8 Å². The summed E-state index contributed by atoms with van der Waals surface area (Å²) in [5.41, 5.74) is 0.277. The van der Waals surface area contributed by atoms with Gasteiger partial charge in [0, 0.05) is 24.1 Å². The zero-order chi connectivity index (χ0) is 20.9. The summed E-state index contributed by atoms with van der Waals surface area (Å²) < 4.78 is 21.1. The number of hydrogen-bond donors (Lipinski definition) is 0. The van der Waals surface area contributed by atoms with Gasteiger partial charge >= 0.3 is 12.1 Å². The van der Waals surface area contributed by atoms with Gasteiger partial charge in [-0.1, -0.05) is 0 Å². The number of methoxy groups -OCH3 is 3. The molecule has 0 unspecified atom stereocenters. The maximum Gasteiger partial charge on any atom is 0.410 e. The van der Waals surface area contributed by atoms with Crippen molar-refractivity contribution in [2.45, 2.75) is 58.2 Å². The van der Waals surface area contributed by atoms with E-state index in [2.05, 4.69) is 0 Å². The number of amides is 1. The molecule has 1 aliphatic carbocycles. The van der Waals surface area contributed by atoms with Gasteiger partial charge in [-0.05, 0) is 51.7 Å². The van der Waals surface area contributed by atoms with Gasteiger partial charge in [0.1, 0.15) is 17.1 Å². The van der Waals surface area contributed by atoms with E-state index in [0.29, 0.717) is 24.5 Å². The van der Waals surface area contributed by atoms with Crippen LogP contribution < -0.4 is 9.47 Å². The summed E-state index contributed by atoms with van der Waals surface area (Å²) >= 11 is 0. The highest BCUT2D eigenvalue weighted by Crippen LogP contribution is 2.37. The number of benzene rings is 1. The summed E-state index contributed by atoms with van der Waals surface area (Å²) in [6.07, 6.45) is 1.49. The fourth-order valence-electron chi connectivity index (χ4n) is 3.27. The van der Waals surface area contributed by atoms with Crippen molar-refractivity contribution in [3.8, 4) is 11.5 Å². The molecule has 0 aromatic heterocycles. The molecule has 7 heteroatoms. The summed E-state index contributed by atoms with van der Waals surface area (Å²) in [6, 6.07) is 5.53. The van der Waals surface area contributed by atoms with Gasteiger partial charge in [-0.25, -0.2) is 4.79 Å². The van der Waals surface area contributed by atoms with Crippen molar-refractivity contribution in [2.75, 3.05) is 21.3 Å². The quantitative estimate of drug-likeness (QED) is 0.656. The zero-order valence-electron chi connectivity index (χ0n) is 17.6. The van der Waals surface area contributed by atoms with Crippen LogP contribution in [-0.4, -0.2) is 49.9 Å². The van der Waals surface area contributed by atoms with Gasteiger partial charge in [0.2, 0.25) is 0 Å².